The lowest BCUT2D eigenvalue weighted by atomic mass is 10.1. The number of carbonyl (C=O) groups excluding carboxylic acids is 2. The highest BCUT2D eigenvalue weighted by molar-refractivity contribution is 5.97. The van der Waals surface area contributed by atoms with Gasteiger partial charge in [0, 0.05) is 5.69 Å². The number of nitrogens with zero attached hydrogens (tertiary/aromatic N) is 2. The number of benzene rings is 2. The molecule has 160 valence electrons. The standard InChI is InChI=1S/C21H21N5O5/c1-29-16-7-5-4-6-15(16)26-19-17(22)18(23-11-24-19)25-14-9-12(20(27)30-2)8-13(10-14)21(28)31-3/h4-11H,22H2,1-3H3,(H2,23,24,25,26). The van der Waals surface area contributed by atoms with Crippen LogP contribution in [0.2, 0.25) is 0 Å². The second-order valence-corrected chi connectivity index (χ2v) is 6.22. The minimum absolute atomic E-state index is 0.160. The zero-order valence-corrected chi connectivity index (χ0v) is 17.1. The topological polar surface area (TPSA) is 138 Å². The summed E-state index contributed by atoms with van der Waals surface area (Å²) in [6.07, 6.45) is 1.32. The van der Waals surface area contributed by atoms with Crippen molar-refractivity contribution < 1.29 is 23.8 Å². The minimum Gasteiger partial charge on any atom is -0.495 e. The van der Waals surface area contributed by atoms with E-state index in [4.69, 9.17) is 19.9 Å². The second kappa shape index (κ2) is 9.44. The Morgan fingerprint density at radius 1 is 0.871 bits per heavy atom. The number of hydrogen-bond acceptors (Lipinski definition) is 10. The normalized spacial score (nSPS) is 10.2. The Bertz CT molecular complexity index is 1080. The molecule has 0 spiro atoms. The van der Waals surface area contributed by atoms with E-state index in [1.54, 1.807) is 13.2 Å². The van der Waals surface area contributed by atoms with E-state index in [1.807, 2.05) is 18.2 Å². The summed E-state index contributed by atoms with van der Waals surface area (Å²) in [6, 6.07) is 11.7. The molecule has 1 heterocycles. The first kappa shape index (κ1) is 21.4. The van der Waals surface area contributed by atoms with E-state index in [2.05, 4.69) is 20.6 Å². The fourth-order valence-electron chi connectivity index (χ4n) is 2.78. The molecule has 0 atom stereocenters. The van der Waals surface area contributed by atoms with Crippen LogP contribution < -0.4 is 21.1 Å². The molecular weight excluding hydrogens is 402 g/mol. The van der Waals surface area contributed by atoms with Crippen molar-refractivity contribution in [3.05, 3.63) is 59.9 Å². The molecule has 2 aromatic carbocycles. The summed E-state index contributed by atoms with van der Waals surface area (Å²) < 4.78 is 14.8. The van der Waals surface area contributed by atoms with Crippen molar-refractivity contribution in [2.75, 3.05) is 37.7 Å². The number of hydrogen-bond donors (Lipinski definition) is 3. The van der Waals surface area contributed by atoms with Crippen LogP contribution in [0.3, 0.4) is 0 Å². The first-order valence-electron chi connectivity index (χ1n) is 9.06. The van der Waals surface area contributed by atoms with Crippen LogP contribution in [0, 0.1) is 0 Å². The third kappa shape index (κ3) is 4.81. The number of anilines is 5. The van der Waals surface area contributed by atoms with Crippen LogP contribution >= 0.6 is 0 Å². The molecule has 0 amide bonds. The van der Waals surface area contributed by atoms with Gasteiger partial charge in [0.15, 0.2) is 11.6 Å². The predicted octanol–water partition coefficient (Wildman–Crippen LogP) is 3.13. The number of rotatable bonds is 7. The highest BCUT2D eigenvalue weighted by Crippen LogP contribution is 2.32. The van der Waals surface area contributed by atoms with E-state index in [0.29, 0.717) is 22.9 Å². The first-order valence-corrected chi connectivity index (χ1v) is 9.06. The lowest BCUT2D eigenvalue weighted by Crippen LogP contribution is -2.09. The van der Waals surface area contributed by atoms with Gasteiger partial charge in [-0.05, 0) is 30.3 Å². The third-order valence-corrected chi connectivity index (χ3v) is 4.28. The molecule has 0 aliphatic rings. The molecule has 0 saturated heterocycles. The van der Waals surface area contributed by atoms with Gasteiger partial charge >= 0.3 is 11.9 Å². The summed E-state index contributed by atoms with van der Waals surface area (Å²) in [5, 5.41) is 6.11. The lowest BCUT2D eigenvalue weighted by Gasteiger charge is -2.15. The number of methoxy groups -OCH3 is 3. The zero-order chi connectivity index (χ0) is 22.4. The average molecular weight is 423 g/mol. The fourth-order valence-corrected chi connectivity index (χ4v) is 2.78. The number of ether oxygens (including phenoxy) is 3. The summed E-state index contributed by atoms with van der Waals surface area (Å²) in [5.41, 5.74) is 7.84. The fraction of sp³-hybridized carbons (Fsp3) is 0.143. The molecule has 3 rings (SSSR count). The number of aromatic nitrogens is 2. The van der Waals surface area contributed by atoms with Gasteiger partial charge in [0.1, 0.15) is 17.8 Å². The Hall–Kier alpha value is -4.34. The molecule has 0 aliphatic carbocycles. The Balaban J connectivity index is 1.95. The average Bonchev–Trinajstić information content (AvgIpc) is 2.80. The summed E-state index contributed by atoms with van der Waals surface area (Å²) in [5.74, 6) is 0.0130. The van der Waals surface area contributed by atoms with E-state index < -0.39 is 11.9 Å². The number of carbonyl (C=O) groups is 2. The predicted molar refractivity (Wildman–Crippen MR) is 115 cm³/mol. The van der Waals surface area contributed by atoms with E-state index >= 15 is 0 Å². The van der Waals surface area contributed by atoms with Gasteiger partial charge in [0.25, 0.3) is 0 Å². The Labute approximate surface area is 178 Å². The molecule has 10 nitrogen and oxygen atoms in total. The van der Waals surface area contributed by atoms with Crippen molar-refractivity contribution in [2.45, 2.75) is 0 Å². The number of nitrogens with one attached hydrogen (secondary N) is 2. The molecule has 3 aromatic rings. The van der Waals surface area contributed by atoms with Gasteiger partial charge in [0.05, 0.1) is 38.1 Å². The van der Waals surface area contributed by atoms with Crippen LogP contribution in [-0.4, -0.2) is 43.2 Å². The number of esters is 2. The maximum absolute atomic E-state index is 12.0. The van der Waals surface area contributed by atoms with Gasteiger partial charge in [-0.3, -0.25) is 0 Å². The summed E-state index contributed by atoms with van der Waals surface area (Å²) in [7, 11) is 4.06. The van der Waals surface area contributed by atoms with E-state index in [0.717, 1.165) is 0 Å². The summed E-state index contributed by atoms with van der Waals surface area (Å²) >= 11 is 0. The van der Waals surface area contributed by atoms with Gasteiger partial charge < -0.3 is 30.6 Å². The van der Waals surface area contributed by atoms with Gasteiger partial charge in [-0.25, -0.2) is 19.6 Å². The molecule has 0 radical (unpaired) electrons. The van der Waals surface area contributed by atoms with Crippen molar-refractivity contribution >= 4 is 40.6 Å². The van der Waals surface area contributed by atoms with Crippen molar-refractivity contribution in [1.29, 1.82) is 0 Å². The first-order chi connectivity index (χ1) is 15.0. The van der Waals surface area contributed by atoms with Crippen LogP contribution in [0.15, 0.2) is 48.8 Å². The lowest BCUT2D eigenvalue weighted by molar-refractivity contribution is 0.0599. The van der Waals surface area contributed by atoms with E-state index in [-0.39, 0.29) is 22.6 Å². The van der Waals surface area contributed by atoms with Crippen LogP contribution in [0.25, 0.3) is 0 Å². The van der Waals surface area contributed by atoms with Gasteiger partial charge in [-0.15, -0.1) is 0 Å². The number of nitrogens with two attached hydrogens (primary N) is 1. The van der Waals surface area contributed by atoms with E-state index in [1.165, 1.54) is 38.7 Å². The quantitative estimate of drug-likeness (QED) is 0.486. The van der Waals surface area contributed by atoms with Crippen LogP contribution in [0.1, 0.15) is 20.7 Å². The Morgan fingerprint density at radius 3 is 2.03 bits per heavy atom. The molecule has 0 unspecified atom stereocenters. The van der Waals surface area contributed by atoms with E-state index in [9.17, 15) is 9.59 Å². The van der Waals surface area contributed by atoms with Gasteiger partial charge in [0.2, 0.25) is 0 Å². The molecule has 1 aromatic heterocycles. The summed E-state index contributed by atoms with van der Waals surface area (Å²) in [4.78, 5) is 32.3. The molecule has 10 heteroatoms. The monoisotopic (exact) mass is 423 g/mol. The third-order valence-electron chi connectivity index (χ3n) is 4.28. The number of para-hydroxylation sites is 2. The highest BCUT2D eigenvalue weighted by Gasteiger charge is 2.16. The minimum atomic E-state index is -0.608. The summed E-state index contributed by atoms with van der Waals surface area (Å²) in [6.45, 7) is 0. The molecule has 0 saturated carbocycles. The molecule has 0 fully saturated rings. The zero-order valence-electron chi connectivity index (χ0n) is 17.1. The molecule has 31 heavy (non-hydrogen) atoms. The Kier molecular flexibility index (Phi) is 6.51. The maximum Gasteiger partial charge on any atom is 0.337 e. The van der Waals surface area contributed by atoms with Crippen LogP contribution in [0.5, 0.6) is 5.75 Å². The largest absolute Gasteiger partial charge is 0.495 e. The number of nitrogen functional groups attached to an aromatic ring is 1. The van der Waals surface area contributed by atoms with Gasteiger partial charge in [-0.1, -0.05) is 12.1 Å². The van der Waals surface area contributed by atoms with Crippen LogP contribution in [0.4, 0.5) is 28.7 Å². The van der Waals surface area contributed by atoms with Crippen LogP contribution in [-0.2, 0) is 9.47 Å². The molecule has 0 bridgehead atoms. The smallest absolute Gasteiger partial charge is 0.337 e. The second-order valence-electron chi connectivity index (χ2n) is 6.22. The van der Waals surface area contributed by atoms with Crippen molar-refractivity contribution in [3.63, 3.8) is 0 Å². The van der Waals surface area contributed by atoms with Crippen molar-refractivity contribution in [3.8, 4) is 5.75 Å². The Morgan fingerprint density at radius 2 is 1.45 bits per heavy atom. The molecule has 0 aliphatic heterocycles. The SMILES string of the molecule is COC(=O)c1cc(Nc2ncnc(Nc3ccccc3OC)c2N)cc(C(=O)OC)c1. The molecule has 4 N–H and O–H groups in total. The maximum atomic E-state index is 12.0. The van der Waals surface area contributed by atoms with Crippen molar-refractivity contribution in [1.82, 2.24) is 9.97 Å². The van der Waals surface area contributed by atoms with Gasteiger partial charge in [-0.2, -0.15) is 0 Å². The highest BCUT2D eigenvalue weighted by atomic mass is 16.5. The van der Waals surface area contributed by atoms with Crippen molar-refractivity contribution in [2.24, 2.45) is 0 Å². The molecular formula is C21H21N5O5.